The first-order chi connectivity index (χ1) is 13.0. The Labute approximate surface area is 160 Å². The number of aromatic nitrogens is 2. The van der Waals surface area contributed by atoms with Crippen LogP contribution in [0.15, 0.2) is 65.6 Å². The molecule has 134 valence electrons. The molecule has 0 unspecified atom stereocenters. The maximum absolute atomic E-state index is 13.1. The number of hydrogen-bond donors (Lipinski definition) is 0. The molecule has 2 aromatic heterocycles. The molecule has 0 aliphatic carbocycles. The maximum Gasteiger partial charge on any atom is 0.279 e. The average molecular weight is 378 g/mol. The molecule has 0 bridgehead atoms. The maximum atomic E-state index is 13.1. The van der Waals surface area contributed by atoms with E-state index in [1.165, 1.54) is 9.42 Å². The Hall–Kier alpha value is -3.18. The first-order valence-electron chi connectivity index (χ1n) is 8.39. The standard InChI is InChI=1S/C21H16ClN3O2/c1-24(2)20(26)18-11-17(13-6-4-3-5-7-13)21(27)25-19(18)16-10-15(22)9-8-14(16)12-23-25/h3-12H,1-2H3. The minimum absolute atomic E-state index is 0.209. The Morgan fingerprint density at radius 3 is 2.52 bits per heavy atom. The van der Waals surface area contributed by atoms with Gasteiger partial charge in [-0.3, -0.25) is 9.59 Å². The van der Waals surface area contributed by atoms with E-state index in [0.717, 1.165) is 10.9 Å². The van der Waals surface area contributed by atoms with Crippen LogP contribution in [0.3, 0.4) is 0 Å². The molecule has 2 heterocycles. The zero-order valence-electron chi connectivity index (χ0n) is 14.8. The molecule has 0 saturated heterocycles. The van der Waals surface area contributed by atoms with Gasteiger partial charge in [0.2, 0.25) is 0 Å². The summed E-state index contributed by atoms with van der Waals surface area (Å²) in [5.41, 5.74) is 1.73. The molecule has 0 aliphatic rings. The molecule has 4 aromatic rings. The van der Waals surface area contributed by atoms with Crippen molar-refractivity contribution in [3.05, 3.63) is 81.7 Å². The SMILES string of the molecule is CN(C)C(=O)c1cc(-c2ccccc2)c(=O)n2ncc3ccc(Cl)cc3c12. The Morgan fingerprint density at radius 1 is 1.07 bits per heavy atom. The first-order valence-corrected chi connectivity index (χ1v) is 8.76. The molecule has 0 atom stereocenters. The van der Waals surface area contributed by atoms with Crippen molar-refractivity contribution in [3.8, 4) is 11.1 Å². The fraction of sp³-hybridized carbons (Fsp3) is 0.0952. The third kappa shape index (κ3) is 2.86. The molecule has 27 heavy (non-hydrogen) atoms. The van der Waals surface area contributed by atoms with Gasteiger partial charge in [-0.25, -0.2) is 0 Å². The molecule has 0 N–H and O–H groups in total. The van der Waals surface area contributed by atoms with Crippen molar-refractivity contribution >= 4 is 33.8 Å². The second-order valence-electron chi connectivity index (χ2n) is 6.48. The summed E-state index contributed by atoms with van der Waals surface area (Å²) in [6.45, 7) is 0. The van der Waals surface area contributed by atoms with Crippen LogP contribution in [0.2, 0.25) is 5.02 Å². The van der Waals surface area contributed by atoms with E-state index in [1.54, 1.807) is 38.5 Å². The van der Waals surface area contributed by atoms with Crippen molar-refractivity contribution in [3.63, 3.8) is 0 Å². The lowest BCUT2D eigenvalue weighted by atomic mass is 10.0. The van der Waals surface area contributed by atoms with E-state index in [2.05, 4.69) is 5.10 Å². The summed E-state index contributed by atoms with van der Waals surface area (Å²) in [6, 6.07) is 16.2. The molecule has 0 aliphatic heterocycles. The fourth-order valence-electron chi connectivity index (χ4n) is 3.17. The van der Waals surface area contributed by atoms with Crippen LogP contribution in [-0.4, -0.2) is 34.5 Å². The van der Waals surface area contributed by atoms with Crippen LogP contribution in [0.1, 0.15) is 10.4 Å². The van der Waals surface area contributed by atoms with Gasteiger partial charge >= 0.3 is 0 Å². The molecule has 0 spiro atoms. The molecular formula is C21H16ClN3O2. The van der Waals surface area contributed by atoms with Crippen LogP contribution in [0, 0.1) is 0 Å². The van der Waals surface area contributed by atoms with E-state index >= 15 is 0 Å². The molecule has 2 aromatic carbocycles. The van der Waals surface area contributed by atoms with E-state index in [4.69, 9.17) is 11.6 Å². The fourth-order valence-corrected chi connectivity index (χ4v) is 3.34. The number of amides is 1. The summed E-state index contributed by atoms with van der Waals surface area (Å²) in [6.07, 6.45) is 1.61. The normalized spacial score (nSPS) is 11.1. The molecule has 4 rings (SSSR count). The van der Waals surface area contributed by atoms with Gasteiger partial charge in [0.25, 0.3) is 11.5 Å². The third-order valence-corrected chi connectivity index (χ3v) is 4.72. The number of hydrogen-bond acceptors (Lipinski definition) is 3. The van der Waals surface area contributed by atoms with Gasteiger partial charge in [-0.1, -0.05) is 48.0 Å². The first kappa shape index (κ1) is 17.2. The Kier molecular flexibility index (Phi) is 4.16. The number of nitrogens with zero attached hydrogens (tertiary/aromatic N) is 3. The van der Waals surface area contributed by atoms with Gasteiger partial charge in [0.15, 0.2) is 0 Å². The minimum atomic E-state index is -0.284. The Bertz CT molecular complexity index is 1250. The number of carbonyl (C=O) groups is 1. The molecule has 0 radical (unpaired) electrons. The van der Waals surface area contributed by atoms with Crippen molar-refractivity contribution in [1.82, 2.24) is 14.5 Å². The average Bonchev–Trinajstić information content (AvgIpc) is 2.68. The van der Waals surface area contributed by atoms with Crippen molar-refractivity contribution in [2.45, 2.75) is 0 Å². The number of halogens is 1. The number of pyridine rings is 1. The van der Waals surface area contributed by atoms with Crippen molar-refractivity contribution in [2.24, 2.45) is 0 Å². The topological polar surface area (TPSA) is 54.7 Å². The van der Waals surface area contributed by atoms with Crippen LogP contribution in [-0.2, 0) is 0 Å². The molecule has 5 nitrogen and oxygen atoms in total. The molecule has 1 amide bonds. The number of fused-ring (bicyclic) bond motifs is 3. The predicted octanol–water partition coefficient (Wildman–Crippen LogP) is 3.87. The number of benzene rings is 2. The minimum Gasteiger partial charge on any atom is -0.345 e. The molecule has 0 fully saturated rings. The second kappa shape index (κ2) is 6.52. The van der Waals surface area contributed by atoms with Gasteiger partial charge < -0.3 is 4.90 Å². The van der Waals surface area contributed by atoms with Gasteiger partial charge in [-0.15, -0.1) is 0 Å². The third-order valence-electron chi connectivity index (χ3n) is 4.48. The summed E-state index contributed by atoms with van der Waals surface area (Å²) in [5, 5.41) is 6.36. The number of rotatable bonds is 2. The molecule has 6 heteroatoms. The summed E-state index contributed by atoms with van der Waals surface area (Å²) < 4.78 is 1.29. The van der Waals surface area contributed by atoms with E-state index in [9.17, 15) is 9.59 Å². The lowest BCUT2D eigenvalue weighted by Gasteiger charge is -2.16. The van der Waals surface area contributed by atoms with Crippen molar-refractivity contribution < 1.29 is 4.79 Å². The van der Waals surface area contributed by atoms with Crippen LogP contribution in [0.5, 0.6) is 0 Å². The second-order valence-corrected chi connectivity index (χ2v) is 6.92. The summed E-state index contributed by atoms with van der Waals surface area (Å²) in [4.78, 5) is 27.6. The zero-order chi connectivity index (χ0) is 19.1. The van der Waals surface area contributed by atoms with Crippen LogP contribution >= 0.6 is 11.6 Å². The molecule has 0 saturated carbocycles. The van der Waals surface area contributed by atoms with Gasteiger partial charge in [0.1, 0.15) is 0 Å². The smallest absolute Gasteiger partial charge is 0.279 e. The highest BCUT2D eigenvalue weighted by Crippen LogP contribution is 2.27. The van der Waals surface area contributed by atoms with Gasteiger partial charge in [-0.2, -0.15) is 9.61 Å². The summed E-state index contributed by atoms with van der Waals surface area (Å²) in [5.74, 6) is -0.209. The van der Waals surface area contributed by atoms with E-state index in [0.29, 0.717) is 27.1 Å². The van der Waals surface area contributed by atoms with Gasteiger partial charge in [-0.05, 0) is 23.8 Å². The Balaban J connectivity index is 2.20. The largest absolute Gasteiger partial charge is 0.345 e. The highest BCUT2D eigenvalue weighted by Gasteiger charge is 2.20. The van der Waals surface area contributed by atoms with Crippen LogP contribution in [0.4, 0.5) is 0 Å². The van der Waals surface area contributed by atoms with Crippen molar-refractivity contribution in [2.75, 3.05) is 14.1 Å². The lowest BCUT2D eigenvalue weighted by Crippen LogP contribution is -2.26. The summed E-state index contributed by atoms with van der Waals surface area (Å²) >= 11 is 6.18. The summed E-state index contributed by atoms with van der Waals surface area (Å²) in [7, 11) is 3.36. The predicted molar refractivity (Wildman–Crippen MR) is 107 cm³/mol. The zero-order valence-corrected chi connectivity index (χ0v) is 15.6. The molecular weight excluding hydrogens is 362 g/mol. The van der Waals surface area contributed by atoms with Gasteiger partial charge in [0, 0.05) is 35.5 Å². The van der Waals surface area contributed by atoms with E-state index < -0.39 is 0 Å². The monoisotopic (exact) mass is 377 g/mol. The number of carbonyl (C=O) groups excluding carboxylic acids is 1. The highest BCUT2D eigenvalue weighted by molar-refractivity contribution is 6.31. The van der Waals surface area contributed by atoms with Crippen LogP contribution in [0.25, 0.3) is 27.4 Å². The lowest BCUT2D eigenvalue weighted by molar-refractivity contribution is 0.0829. The van der Waals surface area contributed by atoms with Crippen LogP contribution < -0.4 is 5.56 Å². The van der Waals surface area contributed by atoms with Gasteiger partial charge in [0.05, 0.1) is 17.3 Å². The quantitative estimate of drug-likeness (QED) is 0.498. The van der Waals surface area contributed by atoms with E-state index in [-0.39, 0.29) is 11.5 Å². The Morgan fingerprint density at radius 2 is 1.81 bits per heavy atom. The highest BCUT2D eigenvalue weighted by atomic mass is 35.5. The van der Waals surface area contributed by atoms with Crippen molar-refractivity contribution in [1.29, 1.82) is 0 Å². The van der Waals surface area contributed by atoms with E-state index in [1.807, 2.05) is 36.4 Å².